The van der Waals surface area contributed by atoms with E-state index in [1.165, 1.54) is 0 Å². The molecule has 0 bridgehead atoms. The van der Waals surface area contributed by atoms with Gasteiger partial charge in [0.2, 0.25) is 17.8 Å². The second kappa shape index (κ2) is 8.22. The van der Waals surface area contributed by atoms with Crippen molar-refractivity contribution >= 4 is 23.6 Å². The van der Waals surface area contributed by atoms with Crippen LogP contribution in [0.15, 0.2) is 29.1 Å². The molecule has 4 N–H and O–H groups in total. The van der Waals surface area contributed by atoms with Gasteiger partial charge in [0, 0.05) is 24.9 Å². The van der Waals surface area contributed by atoms with Crippen LogP contribution in [0.2, 0.25) is 0 Å². The number of benzene rings is 1. The summed E-state index contributed by atoms with van der Waals surface area (Å²) in [5.41, 5.74) is 7.14. The molecule has 0 aliphatic carbocycles. The van der Waals surface area contributed by atoms with Crippen molar-refractivity contribution in [3.8, 4) is 6.07 Å². The average Bonchev–Trinajstić information content (AvgIpc) is 2.78. The Kier molecular flexibility index (Phi) is 5.46. The number of hydrogen-bond donors (Lipinski definition) is 3. The minimum atomic E-state index is -1.03. The van der Waals surface area contributed by atoms with Gasteiger partial charge < -0.3 is 16.0 Å². The Morgan fingerprint density at radius 2 is 1.94 bits per heavy atom. The lowest BCUT2D eigenvalue weighted by molar-refractivity contribution is -0.122. The number of anilines is 2. The normalized spacial score (nSPS) is 21.2. The lowest BCUT2D eigenvalue weighted by Gasteiger charge is -2.33. The third-order valence-electron chi connectivity index (χ3n) is 6.19. The second-order valence-corrected chi connectivity index (χ2v) is 7.98. The number of piperidine rings is 1. The summed E-state index contributed by atoms with van der Waals surface area (Å²) in [6, 6.07) is 9.64. The maximum atomic E-state index is 13.1. The molecule has 2 aliphatic heterocycles. The number of nitrogens with one attached hydrogen (secondary N) is 2. The third-order valence-corrected chi connectivity index (χ3v) is 6.19. The van der Waals surface area contributed by atoms with E-state index < -0.39 is 17.7 Å². The van der Waals surface area contributed by atoms with Crippen LogP contribution in [0.1, 0.15) is 42.4 Å². The topological polar surface area (TPSA) is 145 Å². The van der Waals surface area contributed by atoms with Crippen LogP contribution in [0.3, 0.4) is 0 Å². The van der Waals surface area contributed by atoms with Crippen LogP contribution in [0.25, 0.3) is 0 Å². The highest BCUT2D eigenvalue weighted by Crippen LogP contribution is 2.38. The first-order chi connectivity index (χ1) is 14.9. The van der Waals surface area contributed by atoms with E-state index in [4.69, 9.17) is 5.73 Å². The van der Waals surface area contributed by atoms with E-state index in [-0.39, 0.29) is 28.8 Å². The number of rotatable bonds is 4. The highest BCUT2D eigenvalue weighted by molar-refractivity contribution is 5.98. The second-order valence-electron chi connectivity index (χ2n) is 7.98. The molecule has 1 fully saturated rings. The molecule has 2 amide bonds. The number of aryl methyl sites for hydroxylation is 1. The van der Waals surface area contributed by atoms with Crippen LogP contribution >= 0.6 is 0 Å². The minimum Gasteiger partial charge on any atom is -0.369 e. The van der Waals surface area contributed by atoms with Gasteiger partial charge in [0.15, 0.2) is 0 Å². The van der Waals surface area contributed by atoms with Crippen molar-refractivity contribution in [2.24, 2.45) is 17.6 Å². The van der Waals surface area contributed by atoms with Gasteiger partial charge in [-0.3, -0.25) is 19.4 Å². The van der Waals surface area contributed by atoms with Crippen molar-refractivity contribution in [1.29, 1.82) is 5.26 Å². The van der Waals surface area contributed by atoms with Crippen LogP contribution in [0.5, 0.6) is 0 Å². The predicted octanol–water partition coefficient (Wildman–Crippen LogP) is 1.26. The molecule has 9 nitrogen and oxygen atoms in total. The zero-order valence-electron chi connectivity index (χ0n) is 17.2. The molecule has 2 aliphatic rings. The number of H-pyrrole nitrogens is 1. The fourth-order valence-corrected chi connectivity index (χ4v) is 4.35. The van der Waals surface area contributed by atoms with Gasteiger partial charge in [-0.1, -0.05) is 31.2 Å². The van der Waals surface area contributed by atoms with Gasteiger partial charge >= 0.3 is 0 Å². The number of nitriles is 1. The number of hydrogen-bond acceptors (Lipinski definition) is 6. The molecule has 31 heavy (non-hydrogen) atoms. The molecule has 0 spiro atoms. The van der Waals surface area contributed by atoms with Crippen molar-refractivity contribution in [3.05, 3.63) is 51.3 Å². The van der Waals surface area contributed by atoms with Crippen LogP contribution in [-0.4, -0.2) is 34.9 Å². The van der Waals surface area contributed by atoms with Crippen LogP contribution in [0.4, 0.5) is 11.8 Å². The SMILES string of the molecule is CCc1ccc(C2c3c(nc(N4CCC(C(N)=O)CC4)[nH]c3=O)NC(=O)C2C#N)cc1. The summed E-state index contributed by atoms with van der Waals surface area (Å²) in [7, 11) is 0. The molecular formula is C22H24N6O3. The summed E-state index contributed by atoms with van der Waals surface area (Å²) in [5, 5.41) is 12.3. The standard InChI is InChI=1S/C22H24N6O3/c1-2-12-3-5-13(6-4-12)16-15(11-23)20(30)25-19-17(16)21(31)27-22(26-19)28-9-7-14(8-10-28)18(24)29/h3-6,14-16H,2,7-10H2,1H3,(H2,24,29)(H2,25,26,27,30,31). The number of carbonyl (C=O) groups excluding carboxylic acids is 2. The van der Waals surface area contributed by atoms with E-state index in [1.54, 1.807) is 0 Å². The molecule has 0 saturated carbocycles. The quantitative estimate of drug-likeness (QED) is 0.679. The zero-order valence-corrected chi connectivity index (χ0v) is 17.2. The van der Waals surface area contributed by atoms with E-state index in [2.05, 4.69) is 15.3 Å². The Morgan fingerprint density at radius 3 is 2.52 bits per heavy atom. The zero-order chi connectivity index (χ0) is 22.1. The summed E-state index contributed by atoms with van der Waals surface area (Å²) in [5.74, 6) is -2.20. The predicted molar refractivity (Wildman–Crippen MR) is 114 cm³/mol. The van der Waals surface area contributed by atoms with Crippen LogP contribution in [-0.2, 0) is 16.0 Å². The molecule has 2 aromatic rings. The lowest BCUT2D eigenvalue weighted by atomic mass is 9.79. The number of aromatic amines is 1. The third kappa shape index (κ3) is 3.77. The number of fused-ring (bicyclic) bond motifs is 1. The van der Waals surface area contributed by atoms with Crippen molar-refractivity contribution in [2.75, 3.05) is 23.3 Å². The molecule has 0 radical (unpaired) electrons. The van der Waals surface area contributed by atoms with Crippen molar-refractivity contribution < 1.29 is 9.59 Å². The smallest absolute Gasteiger partial charge is 0.258 e. The number of primary amides is 1. The number of amides is 2. The Bertz CT molecular complexity index is 1110. The van der Waals surface area contributed by atoms with Gasteiger partial charge in [-0.15, -0.1) is 0 Å². The van der Waals surface area contributed by atoms with E-state index in [0.717, 1.165) is 17.5 Å². The van der Waals surface area contributed by atoms with Gasteiger partial charge in [-0.05, 0) is 30.4 Å². The highest BCUT2D eigenvalue weighted by Gasteiger charge is 2.40. The maximum Gasteiger partial charge on any atom is 0.258 e. The Labute approximate surface area is 179 Å². The fraction of sp³-hybridized carbons (Fsp3) is 0.409. The lowest BCUT2D eigenvalue weighted by Crippen LogP contribution is -2.42. The van der Waals surface area contributed by atoms with Gasteiger partial charge in [-0.2, -0.15) is 10.2 Å². The van der Waals surface area contributed by atoms with E-state index in [1.807, 2.05) is 42.2 Å². The number of nitrogens with zero attached hydrogens (tertiary/aromatic N) is 3. The first kappa shape index (κ1) is 20.6. The summed E-state index contributed by atoms with van der Waals surface area (Å²) in [6.45, 7) is 3.08. The van der Waals surface area contributed by atoms with E-state index in [9.17, 15) is 19.6 Å². The number of nitrogens with two attached hydrogens (primary N) is 1. The highest BCUT2D eigenvalue weighted by atomic mass is 16.2. The largest absolute Gasteiger partial charge is 0.369 e. The summed E-state index contributed by atoms with van der Waals surface area (Å²) in [4.78, 5) is 46.4. The molecule has 160 valence electrons. The minimum absolute atomic E-state index is 0.178. The van der Waals surface area contributed by atoms with E-state index >= 15 is 0 Å². The van der Waals surface area contributed by atoms with Crippen LogP contribution < -0.4 is 21.5 Å². The van der Waals surface area contributed by atoms with Crippen molar-refractivity contribution in [1.82, 2.24) is 9.97 Å². The number of carbonyl (C=O) groups is 2. The summed E-state index contributed by atoms with van der Waals surface area (Å²) < 4.78 is 0. The molecular weight excluding hydrogens is 396 g/mol. The molecule has 1 aromatic carbocycles. The molecule has 9 heteroatoms. The Morgan fingerprint density at radius 1 is 1.26 bits per heavy atom. The maximum absolute atomic E-state index is 13.1. The van der Waals surface area contributed by atoms with Gasteiger partial charge in [0.1, 0.15) is 11.7 Å². The molecule has 3 heterocycles. The first-order valence-electron chi connectivity index (χ1n) is 10.4. The van der Waals surface area contributed by atoms with Gasteiger partial charge in [-0.25, -0.2) is 0 Å². The summed E-state index contributed by atoms with van der Waals surface area (Å²) >= 11 is 0. The Hall–Kier alpha value is -3.67. The fourth-order valence-electron chi connectivity index (χ4n) is 4.35. The monoisotopic (exact) mass is 420 g/mol. The first-order valence-corrected chi connectivity index (χ1v) is 10.4. The van der Waals surface area contributed by atoms with E-state index in [0.29, 0.717) is 31.9 Å². The molecule has 2 atom stereocenters. The average molecular weight is 420 g/mol. The Balaban J connectivity index is 1.72. The van der Waals surface area contributed by atoms with Crippen molar-refractivity contribution in [2.45, 2.75) is 32.1 Å². The van der Waals surface area contributed by atoms with Crippen LogP contribution in [0, 0.1) is 23.2 Å². The summed E-state index contributed by atoms with van der Waals surface area (Å²) in [6.07, 6.45) is 2.01. The number of aromatic nitrogens is 2. The van der Waals surface area contributed by atoms with Gasteiger partial charge in [0.05, 0.1) is 11.6 Å². The van der Waals surface area contributed by atoms with Gasteiger partial charge in [0.25, 0.3) is 5.56 Å². The van der Waals surface area contributed by atoms with Crippen molar-refractivity contribution in [3.63, 3.8) is 0 Å². The molecule has 1 aromatic heterocycles. The molecule has 4 rings (SSSR count). The molecule has 2 unspecified atom stereocenters. The molecule has 1 saturated heterocycles.